The van der Waals surface area contributed by atoms with E-state index < -0.39 is 0 Å². The van der Waals surface area contributed by atoms with E-state index in [1.165, 1.54) is 4.90 Å². The van der Waals surface area contributed by atoms with Gasteiger partial charge in [-0.1, -0.05) is 0 Å². The van der Waals surface area contributed by atoms with Crippen LogP contribution in [0.1, 0.15) is 13.3 Å². The van der Waals surface area contributed by atoms with Crippen molar-refractivity contribution in [1.82, 2.24) is 10.2 Å². The Morgan fingerprint density at radius 3 is 2.85 bits per heavy atom. The number of carbonyl (C=O) groups is 1. The van der Waals surface area contributed by atoms with E-state index in [0.717, 1.165) is 31.1 Å². The molecule has 1 aromatic carbocycles. The highest BCUT2D eigenvalue weighted by molar-refractivity contribution is 7.99. The molecule has 20 heavy (non-hydrogen) atoms. The van der Waals surface area contributed by atoms with Crippen molar-refractivity contribution in [3.05, 3.63) is 24.3 Å². The Bertz CT molecular complexity index is 436. The van der Waals surface area contributed by atoms with Crippen molar-refractivity contribution in [1.29, 1.82) is 0 Å². The van der Waals surface area contributed by atoms with Crippen LogP contribution in [0.15, 0.2) is 29.2 Å². The fourth-order valence-electron chi connectivity index (χ4n) is 2.28. The van der Waals surface area contributed by atoms with Crippen molar-refractivity contribution in [3.63, 3.8) is 0 Å². The predicted octanol–water partition coefficient (Wildman–Crippen LogP) is 2.00. The Morgan fingerprint density at radius 1 is 1.45 bits per heavy atom. The molecule has 0 aliphatic carbocycles. The minimum atomic E-state index is 0.264. The van der Waals surface area contributed by atoms with Crippen LogP contribution < -0.4 is 10.1 Å². The van der Waals surface area contributed by atoms with Crippen molar-refractivity contribution in [3.8, 4) is 5.75 Å². The highest BCUT2D eigenvalue weighted by Crippen LogP contribution is 2.22. The lowest BCUT2D eigenvalue weighted by Gasteiger charge is -2.34. The summed E-state index contributed by atoms with van der Waals surface area (Å²) in [5, 5.41) is 3.30. The zero-order valence-electron chi connectivity index (χ0n) is 12.1. The van der Waals surface area contributed by atoms with Crippen LogP contribution >= 0.6 is 11.8 Å². The summed E-state index contributed by atoms with van der Waals surface area (Å²) < 4.78 is 5.13. The van der Waals surface area contributed by atoms with Gasteiger partial charge in [0.05, 0.1) is 7.11 Å². The van der Waals surface area contributed by atoms with Gasteiger partial charge in [0, 0.05) is 42.7 Å². The molecule has 1 heterocycles. The third-order valence-corrected chi connectivity index (χ3v) is 4.48. The molecule has 4 nitrogen and oxygen atoms in total. The summed E-state index contributed by atoms with van der Waals surface area (Å²) in [6.07, 6.45) is 0.598. The van der Waals surface area contributed by atoms with Crippen LogP contribution in [0.25, 0.3) is 0 Å². The van der Waals surface area contributed by atoms with Crippen molar-refractivity contribution in [2.45, 2.75) is 24.3 Å². The molecule has 5 heteroatoms. The van der Waals surface area contributed by atoms with Gasteiger partial charge in [0.25, 0.3) is 0 Å². The number of hydrogen-bond donors (Lipinski definition) is 1. The molecule has 0 radical (unpaired) electrons. The van der Waals surface area contributed by atoms with E-state index in [0.29, 0.717) is 12.5 Å². The second kappa shape index (κ2) is 7.55. The minimum Gasteiger partial charge on any atom is -0.497 e. The topological polar surface area (TPSA) is 41.6 Å². The number of methoxy groups -OCH3 is 1. The Kier molecular flexibility index (Phi) is 5.73. The molecule has 1 fully saturated rings. The number of ether oxygens (including phenoxy) is 1. The Hall–Kier alpha value is -1.20. The van der Waals surface area contributed by atoms with Crippen LogP contribution in [-0.2, 0) is 4.79 Å². The van der Waals surface area contributed by atoms with Gasteiger partial charge in [0.1, 0.15) is 5.75 Å². The standard InChI is InChI=1S/C15H22N2O2S/c1-12-11-16-8-9-17(12)15(18)7-10-20-14-5-3-13(19-2)4-6-14/h3-6,12,16H,7-11H2,1-2H3. The molecule has 0 bridgehead atoms. The van der Waals surface area contributed by atoms with Crippen LogP contribution in [0, 0.1) is 0 Å². The lowest BCUT2D eigenvalue weighted by molar-refractivity contribution is -0.133. The molecular weight excluding hydrogens is 272 g/mol. The lowest BCUT2D eigenvalue weighted by Crippen LogP contribution is -2.52. The highest BCUT2D eigenvalue weighted by Gasteiger charge is 2.22. The van der Waals surface area contributed by atoms with E-state index in [4.69, 9.17) is 4.74 Å². The number of thioether (sulfide) groups is 1. The zero-order valence-corrected chi connectivity index (χ0v) is 12.9. The Morgan fingerprint density at radius 2 is 2.20 bits per heavy atom. The summed E-state index contributed by atoms with van der Waals surface area (Å²) in [7, 11) is 1.66. The molecule has 1 aliphatic heterocycles. The smallest absolute Gasteiger partial charge is 0.223 e. The first-order chi connectivity index (χ1) is 9.70. The summed E-state index contributed by atoms with van der Waals surface area (Å²) in [5.41, 5.74) is 0. The van der Waals surface area contributed by atoms with Crippen LogP contribution in [0.4, 0.5) is 0 Å². The monoisotopic (exact) mass is 294 g/mol. The van der Waals surface area contributed by atoms with E-state index in [2.05, 4.69) is 12.2 Å². The number of rotatable bonds is 5. The molecule has 1 amide bonds. The zero-order chi connectivity index (χ0) is 14.4. The normalized spacial score (nSPS) is 18.9. The molecule has 1 saturated heterocycles. The molecule has 1 aromatic rings. The first-order valence-electron chi connectivity index (χ1n) is 6.97. The molecule has 1 aliphatic rings. The first kappa shape index (κ1) is 15.2. The highest BCUT2D eigenvalue weighted by atomic mass is 32.2. The minimum absolute atomic E-state index is 0.264. The van der Waals surface area contributed by atoms with Crippen LogP contribution in [0.2, 0.25) is 0 Å². The number of nitrogens with one attached hydrogen (secondary N) is 1. The molecule has 0 aromatic heterocycles. The molecule has 0 spiro atoms. The van der Waals surface area contributed by atoms with Crippen LogP contribution in [0.5, 0.6) is 5.75 Å². The van der Waals surface area contributed by atoms with Gasteiger partial charge in [0.2, 0.25) is 5.91 Å². The number of nitrogens with zero attached hydrogens (tertiary/aromatic N) is 1. The largest absolute Gasteiger partial charge is 0.497 e. The summed E-state index contributed by atoms with van der Waals surface area (Å²) in [4.78, 5) is 15.3. The maximum Gasteiger partial charge on any atom is 0.223 e. The maximum atomic E-state index is 12.2. The van der Waals surface area contributed by atoms with Gasteiger partial charge in [-0.2, -0.15) is 0 Å². The Balaban J connectivity index is 1.75. The summed E-state index contributed by atoms with van der Waals surface area (Å²) >= 11 is 1.71. The van der Waals surface area contributed by atoms with Crippen molar-refractivity contribution in [2.24, 2.45) is 0 Å². The molecule has 1 N–H and O–H groups in total. The average molecular weight is 294 g/mol. The molecule has 110 valence electrons. The van der Waals surface area contributed by atoms with Gasteiger partial charge in [-0.3, -0.25) is 4.79 Å². The SMILES string of the molecule is COc1ccc(SCCC(=O)N2CCNCC2C)cc1. The molecule has 2 rings (SSSR count). The van der Waals surface area contributed by atoms with Crippen LogP contribution in [0.3, 0.4) is 0 Å². The maximum absolute atomic E-state index is 12.2. The van der Waals surface area contributed by atoms with E-state index in [-0.39, 0.29) is 5.91 Å². The average Bonchev–Trinajstić information content (AvgIpc) is 2.48. The summed E-state index contributed by atoms with van der Waals surface area (Å²) in [6, 6.07) is 8.26. The fraction of sp³-hybridized carbons (Fsp3) is 0.533. The third kappa shape index (κ3) is 4.15. The van der Waals surface area contributed by atoms with Gasteiger partial charge in [-0.25, -0.2) is 0 Å². The number of amides is 1. The summed E-state index contributed by atoms with van der Waals surface area (Å²) in [5.74, 6) is 1.95. The van der Waals surface area contributed by atoms with Gasteiger partial charge in [-0.15, -0.1) is 11.8 Å². The summed E-state index contributed by atoms with van der Waals surface area (Å²) in [6.45, 7) is 4.73. The molecule has 1 atom stereocenters. The van der Waals surface area contributed by atoms with Crippen molar-refractivity contribution in [2.75, 3.05) is 32.5 Å². The Labute approximate surface area is 124 Å². The van der Waals surface area contributed by atoms with Crippen molar-refractivity contribution >= 4 is 17.7 Å². The fourth-order valence-corrected chi connectivity index (χ4v) is 3.12. The predicted molar refractivity (Wildman–Crippen MR) is 82.4 cm³/mol. The molecular formula is C15H22N2O2S. The number of hydrogen-bond acceptors (Lipinski definition) is 4. The second-order valence-corrected chi connectivity index (χ2v) is 6.08. The van der Waals surface area contributed by atoms with Gasteiger partial charge < -0.3 is 15.0 Å². The van der Waals surface area contributed by atoms with E-state index in [1.54, 1.807) is 18.9 Å². The van der Waals surface area contributed by atoms with Gasteiger partial charge in [-0.05, 0) is 31.2 Å². The van der Waals surface area contributed by atoms with E-state index in [1.807, 2.05) is 29.2 Å². The van der Waals surface area contributed by atoms with Crippen LogP contribution in [-0.4, -0.2) is 49.3 Å². The van der Waals surface area contributed by atoms with Crippen molar-refractivity contribution < 1.29 is 9.53 Å². The first-order valence-corrected chi connectivity index (χ1v) is 7.96. The third-order valence-electron chi connectivity index (χ3n) is 3.47. The lowest BCUT2D eigenvalue weighted by atomic mass is 10.2. The van der Waals surface area contributed by atoms with Gasteiger partial charge >= 0.3 is 0 Å². The molecule has 0 saturated carbocycles. The second-order valence-electron chi connectivity index (χ2n) is 4.91. The number of carbonyl (C=O) groups excluding carboxylic acids is 1. The number of piperazine rings is 1. The van der Waals surface area contributed by atoms with E-state index >= 15 is 0 Å². The van der Waals surface area contributed by atoms with E-state index in [9.17, 15) is 4.79 Å². The molecule has 1 unspecified atom stereocenters. The van der Waals surface area contributed by atoms with Gasteiger partial charge in [0.15, 0.2) is 0 Å². The number of benzene rings is 1. The quantitative estimate of drug-likeness (QED) is 0.843.